The van der Waals surface area contributed by atoms with Crippen LogP contribution in [0.15, 0.2) is 54.7 Å². The molecule has 0 saturated carbocycles. The van der Waals surface area contributed by atoms with E-state index >= 15 is 4.39 Å². The first kappa shape index (κ1) is 21.8. The molecule has 0 aliphatic heterocycles. The molecule has 0 spiro atoms. The molecule has 0 aliphatic carbocycles. The third kappa shape index (κ3) is 3.89. The highest BCUT2D eigenvalue weighted by Gasteiger charge is 2.38. The van der Waals surface area contributed by atoms with Crippen molar-refractivity contribution in [1.82, 2.24) is 14.8 Å². The Hall–Kier alpha value is -4.28. The summed E-state index contributed by atoms with van der Waals surface area (Å²) < 4.78 is 65.3. The molecule has 5 aromatic rings. The molecule has 10 heteroatoms. The second kappa shape index (κ2) is 9.55. The third-order valence-electron chi connectivity index (χ3n) is 6.76. The molecule has 1 unspecified atom stereocenters. The van der Waals surface area contributed by atoms with Gasteiger partial charge in [0.15, 0.2) is 17.4 Å². The van der Waals surface area contributed by atoms with Gasteiger partial charge in [0.2, 0.25) is 0 Å². The standard InChI is InChI=1S/C28H25F2N3O5/c1-4-28(36,14-37-2)26-22(15-5-7-16(8-6-15)27(34)35)23-20(11-17-13-31-32-25(17)24(23)30)33(26)18-9-10-19(29)21(12-18)38-3/h5-13,36H,4,14H2,1-3H3,(H,31,32)(H,34,35)/i2D3. The fourth-order valence-corrected chi connectivity index (χ4v) is 4.82. The zero-order chi connectivity index (χ0) is 29.7. The number of carboxylic acids is 1. The maximum atomic E-state index is 16.4. The topological polar surface area (TPSA) is 110 Å². The van der Waals surface area contributed by atoms with Crippen molar-refractivity contribution in [2.24, 2.45) is 0 Å². The van der Waals surface area contributed by atoms with Gasteiger partial charge in [-0.05, 0) is 42.3 Å². The Bertz CT molecular complexity index is 1780. The van der Waals surface area contributed by atoms with Gasteiger partial charge in [-0.25, -0.2) is 13.6 Å². The molecular formula is C28H25F2N3O5. The molecule has 2 aromatic heterocycles. The molecule has 0 saturated heterocycles. The highest BCUT2D eigenvalue weighted by Crippen LogP contribution is 2.46. The Kier molecular flexibility index (Phi) is 5.47. The molecule has 5 rings (SSSR count). The van der Waals surface area contributed by atoms with Crippen molar-refractivity contribution in [3.8, 4) is 22.6 Å². The van der Waals surface area contributed by atoms with Crippen molar-refractivity contribution >= 4 is 27.8 Å². The summed E-state index contributed by atoms with van der Waals surface area (Å²) >= 11 is 0. The average Bonchev–Trinajstić information content (AvgIpc) is 3.55. The minimum absolute atomic E-state index is 0.0183. The van der Waals surface area contributed by atoms with Crippen LogP contribution in [-0.2, 0) is 10.3 Å². The monoisotopic (exact) mass is 524 g/mol. The summed E-state index contributed by atoms with van der Waals surface area (Å²) in [4.78, 5) is 11.5. The number of nitrogens with zero attached hydrogens (tertiary/aromatic N) is 2. The molecular weight excluding hydrogens is 496 g/mol. The van der Waals surface area contributed by atoms with Crippen molar-refractivity contribution in [3.05, 3.63) is 77.6 Å². The molecule has 0 fully saturated rings. The lowest BCUT2D eigenvalue weighted by Gasteiger charge is -2.30. The minimum atomic E-state index is -2.85. The fourth-order valence-electron chi connectivity index (χ4n) is 4.82. The van der Waals surface area contributed by atoms with Crippen LogP contribution in [0.4, 0.5) is 8.78 Å². The largest absolute Gasteiger partial charge is 0.494 e. The predicted molar refractivity (Wildman–Crippen MR) is 138 cm³/mol. The number of aliphatic hydroxyl groups is 1. The van der Waals surface area contributed by atoms with E-state index in [1.165, 1.54) is 54.3 Å². The van der Waals surface area contributed by atoms with Crippen molar-refractivity contribution in [3.63, 3.8) is 0 Å². The number of methoxy groups -OCH3 is 2. The molecule has 0 radical (unpaired) electrons. The molecule has 0 bridgehead atoms. The zero-order valence-corrected chi connectivity index (χ0v) is 20.4. The summed E-state index contributed by atoms with van der Waals surface area (Å²) in [5.74, 6) is -2.65. The van der Waals surface area contributed by atoms with Crippen LogP contribution in [0, 0.1) is 11.6 Å². The number of halogens is 2. The van der Waals surface area contributed by atoms with E-state index in [-0.39, 0.29) is 51.1 Å². The van der Waals surface area contributed by atoms with E-state index in [4.69, 9.17) is 13.6 Å². The van der Waals surface area contributed by atoms with Crippen LogP contribution in [0.25, 0.3) is 38.6 Å². The van der Waals surface area contributed by atoms with Gasteiger partial charge in [-0.3, -0.25) is 5.10 Å². The number of carboxylic acid groups (broad SMARTS) is 1. The summed E-state index contributed by atoms with van der Waals surface area (Å²) in [5, 5.41) is 28.5. The third-order valence-corrected chi connectivity index (χ3v) is 6.76. The van der Waals surface area contributed by atoms with Crippen LogP contribution in [0.1, 0.15) is 33.5 Å². The average molecular weight is 525 g/mol. The summed E-state index contributed by atoms with van der Waals surface area (Å²) in [6.07, 6.45) is 1.35. The summed E-state index contributed by atoms with van der Waals surface area (Å²) in [6.45, 7) is 0.911. The molecule has 8 nitrogen and oxygen atoms in total. The number of nitrogens with one attached hydrogen (secondary N) is 1. The van der Waals surface area contributed by atoms with E-state index in [2.05, 4.69) is 10.2 Å². The summed E-state index contributed by atoms with van der Waals surface area (Å²) in [7, 11) is -1.57. The molecule has 196 valence electrons. The number of aromatic amines is 1. The zero-order valence-electron chi connectivity index (χ0n) is 23.4. The van der Waals surface area contributed by atoms with E-state index in [1.54, 1.807) is 13.0 Å². The highest BCUT2D eigenvalue weighted by atomic mass is 19.1. The Balaban J connectivity index is 1.97. The Morgan fingerprint density at radius 2 is 1.97 bits per heavy atom. The second-order valence-electron chi connectivity index (χ2n) is 8.85. The van der Waals surface area contributed by atoms with Crippen LogP contribution in [0.3, 0.4) is 0 Å². The molecule has 1 atom stereocenters. The first-order valence-electron chi connectivity index (χ1n) is 13.1. The van der Waals surface area contributed by atoms with Gasteiger partial charge in [0.1, 0.15) is 11.1 Å². The summed E-state index contributed by atoms with van der Waals surface area (Å²) in [6, 6.07) is 11.2. The van der Waals surface area contributed by atoms with E-state index in [0.29, 0.717) is 10.9 Å². The molecule has 2 heterocycles. The Labute approximate surface area is 220 Å². The Morgan fingerprint density at radius 3 is 2.63 bits per heavy atom. The number of hydrogen-bond acceptors (Lipinski definition) is 5. The number of carbonyl (C=O) groups is 1. The number of fused-ring (bicyclic) bond motifs is 2. The van der Waals surface area contributed by atoms with Gasteiger partial charge in [0, 0.05) is 35.1 Å². The van der Waals surface area contributed by atoms with Gasteiger partial charge < -0.3 is 24.3 Å². The van der Waals surface area contributed by atoms with Crippen molar-refractivity contribution < 1.29 is 37.4 Å². The Morgan fingerprint density at radius 1 is 1.21 bits per heavy atom. The maximum absolute atomic E-state index is 16.4. The van der Waals surface area contributed by atoms with Gasteiger partial charge in [-0.1, -0.05) is 19.1 Å². The van der Waals surface area contributed by atoms with Gasteiger partial charge in [0.05, 0.1) is 40.8 Å². The number of H-pyrrole nitrogens is 1. The second-order valence-corrected chi connectivity index (χ2v) is 8.85. The molecule has 0 amide bonds. The van der Waals surface area contributed by atoms with E-state index < -0.39 is 36.8 Å². The van der Waals surface area contributed by atoms with Crippen LogP contribution < -0.4 is 4.74 Å². The smallest absolute Gasteiger partial charge is 0.335 e. The lowest BCUT2D eigenvalue weighted by atomic mass is 9.89. The summed E-state index contributed by atoms with van der Waals surface area (Å²) in [5.41, 5.74) is -0.883. The first-order valence-corrected chi connectivity index (χ1v) is 11.6. The van der Waals surface area contributed by atoms with Crippen molar-refractivity contribution in [2.45, 2.75) is 18.9 Å². The van der Waals surface area contributed by atoms with Gasteiger partial charge in [-0.2, -0.15) is 5.10 Å². The number of aromatic carboxylic acids is 1. The van der Waals surface area contributed by atoms with Crippen LogP contribution in [-0.4, -0.2) is 51.7 Å². The quantitative estimate of drug-likeness (QED) is 0.251. The lowest BCUT2D eigenvalue weighted by molar-refractivity contribution is -0.0422. The van der Waals surface area contributed by atoms with Gasteiger partial charge >= 0.3 is 5.97 Å². The molecule has 38 heavy (non-hydrogen) atoms. The first-order chi connectivity index (χ1) is 19.4. The van der Waals surface area contributed by atoms with E-state index in [9.17, 15) is 19.4 Å². The molecule has 3 aromatic carbocycles. The SMILES string of the molecule is [2H]C([2H])([2H])OCC(O)(CC)c1c(-c2ccc(C(=O)O)cc2)c2c(F)c3[nH]ncc3cc2n1-c1ccc(F)c(OC)c1. The molecule has 3 N–H and O–H groups in total. The van der Waals surface area contributed by atoms with Gasteiger partial charge in [0.25, 0.3) is 0 Å². The van der Waals surface area contributed by atoms with Gasteiger partial charge in [-0.15, -0.1) is 0 Å². The normalized spacial score (nSPS) is 14.7. The minimum Gasteiger partial charge on any atom is -0.494 e. The lowest BCUT2D eigenvalue weighted by Crippen LogP contribution is -2.33. The predicted octanol–water partition coefficient (Wildman–Crippen LogP) is 5.40. The number of hydrogen-bond donors (Lipinski definition) is 3. The van der Waals surface area contributed by atoms with Crippen LogP contribution in [0.5, 0.6) is 5.75 Å². The number of rotatable bonds is 8. The number of aromatic nitrogens is 3. The maximum Gasteiger partial charge on any atom is 0.335 e. The van der Waals surface area contributed by atoms with E-state index in [1.807, 2.05) is 0 Å². The highest BCUT2D eigenvalue weighted by molar-refractivity contribution is 6.06. The van der Waals surface area contributed by atoms with Crippen molar-refractivity contribution in [2.75, 3.05) is 20.8 Å². The van der Waals surface area contributed by atoms with Crippen molar-refractivity contribution in [1.29, 1.82) is 0 Å². The fraction of sp³-hybridized carbons (Fsp3) is 0.214. The number of benzene rings is 3. The van der Waals surface area contributed by atoms with Crippen LogP contribution in [0.2, 0.25) is 0 Å². The molecule has 0 aliphatic rings. The number of ether oxygens (including phenoxy) is 2. The van der Waals surface area contributed by atoms with E-state index in [0.717, 1.165) is 6.07 Å². The van der Waals surface area contributed by atoms with Crippen LogP contribution >= 0.6 is 0 Å².